The van der Waals surface area contributed by atoms with Gasteiger partial charge < -0.3 is 0 Å². The minimum absolute atomic E-state index is 0.213. The largest absolute Gasteiger partial charge is 0.278 e. The smallest absolute Gasteiger partial charge is 0.238 e. The van der Waals surface area contributed by atoms with E-state index in [2.05, 4.69) is 0 Å². The summed E-state index contributed by atoms with van der Waals surface area (Å²) in [5.74, 6) is 0.213. The summed E-state index contributed by atoms with van der Waals surface area (Å²) in [4.78, 5) is 10.9. The van der Waals surface area contributed by atoms with Crippen molar-refractivity contribution in [2.24, 2.45) is 0 Å². The maximum atomic E-state index is 10.9. The molecule has 1 atom stereocenters. The zero-order valence-electron chi connectivity index (χ0n) is 6.09. The van der Waals surface area contributed by atoms with Crippen LogP contribution in [0.4, 0.5) is 0 Å². The molecular formula is C6H12N2O. The number of hydrogen-bond donors (Lipinski definition) is 0. The molecule has 1 aliphatic heterocycles. The minimum atomic E-state index is 0.213. The topological polar surface area (TPSA) is 23.6 Å². The van der Waals surface area contributed by atoms with Gasteiger partial charge in [0.2, 0.25) is 5.91 Å². The number of rotatable bonds is 0. The summed E-state index contributed by atoms with van der Waals surface area (Å²) in [6.45, 7) is 2.04. The summed E-state index contributed by atoms with van der Waals surface area (Å²) in [5.41, 5.74) is 0. The van der Waals surface area contributed by atoms with E-state index in [1.165, 1.54) is 0 Å². The summed E-state index contributed by atoms with van der Waals surface area (Å²) in [7, 11) is 3.72. The molecule has 1 rings (SSSR count). The highest BCUT2D eigenvalue weighted by atomic mass is 16.2. The number of carbonyl (C=O) groups is 1. The summed E-state index contributed by atoms with van der Waals surface area (Å²) in [5, 5.41) is 3.60. The number of amides is 1. The Hall–Kier alpha value is -0.570. The molecule has 1 fully saturated rings. The molecule has 1 saturated heterocycles. The van der Waals surface area contributed by atoms with Gasteiger partial charge in [-0.05, 0) is 6.92 Å². The molecule has 0 N–H and O–H groups in total. The van der Waals surface area contributed by atoms with Crippen molar-refractivity contribution in [3.05, 3.63) is 0 Å². The molecule has 0 aromatic carbocycles. The molecule has 1 unspecified atom stereocenters. The molecular weight excluding hydrogens is 116 g/mol. The molecule has 0 radical (unpaired) electrons. The third kappa shape index (κ3) is 0.920. The first kappa shape index (κ1) is 6.55. The van der Waals surface area contributed by atoms with Crippen LogP contribution in [-0.4, -0.2) is 36.1 Å². The molecule has 1 aliphatic rings. The third-order valence-electron chi connectivity index (χ3n) is 1.94. The maximum absolute atomic E-state index is 10.9. The number of nitrogens with zero attached hydrogens (tertiary/aromatic N) is 2. The van der Waals surface area contributed by atoms with Gasteiger partial charge in [0.25, 0.3) is 0 Å². The van der Waals surface area contributed by atoms with Gasteiger partial charge in [-0.25, -0.2) is 5.01 Å². The first-order valence-corrected chi connectivity index (χ1v) is 3.12. The third-order valence-corrected chi connectivity index (χ3v) is 1.94. The lowest BCUT2D eigenvalue weighted by atomic mass is 10.3. The van der Waals surface area contributed by atoms with Crippen LogP contribution in [0.1, 0.15) is 13.3 Å². The van der Waals surface area contributed by atoms with Crippen molar-refractivity contribution in [1.29, 1.82) is 0 Å². The lowest BCUT2D eigenvalue weighted by Gasteiger charge is -2.21. The molecule has 0 bridgehead atoms. The van der Waals surface area contributed by atoms with Crippen molar-refractivity contribution >= 4 is 5.91 Å². The fourth-order valence-corrected chi connectivity index (χ4v) is 0.989. The van der Waals surface area contributed by atoms with Gasteiger partial charge in [0.05, 0.1) is 0 Å². The fourth-order valence-electron chi connectivity index (χ4n) is 0.989. The van der Waals surface area contributed by atoms with Crippen LogP contribution in [0.2, 0.25) is 0 Å². The molecule has 3 nitrogen and oxygen atoms in total. The van der Waals surface area contributed by atoms with Crippen LogP contribution in [-0.2, 0) is 4.79 Å². The summed E-state index contributed by atoms with van der Waals surface area (Å²) < 4.78 is 0. The monoisotopic (exact) mass is 128 g/mol. The molecule has 0 saturated carbocycles. The molecule has 0 spiro atoms. The predicted octanol–water partition coefficient (Wildman–Crippen LogP) is 0.0838. The summed E-state index contributed by atoms with van der Waals surface area (Å²) in [6, 6.07) is 0.377. The van der Waals surface area contributed by atoms with Crippen LogP contribution in [0, 0.1) is 0 Å². The Labute approximate surface area is 55.2 Å². The van der Waals surface area contributed by atoms with Gasteiger partial charge in [0, 0.05) is 26.6 Å². The van der Waals surface area contributed by atoms with Crippen molar-refractivity contribution < 1.29 is 4.79 Å². The molecule has 52 valence electrons. The second-order valence-corrected chi connectivity index (χ2v) is 2.54. The van der Waals surface area contributed by atoms with Crippen LogP contribution in [0.3, 0.4) is 0 Å². The molecule has 1 heterocycles. The standard InChI is InChI=1S/C6H12N2O/c1-5-4-6(9)8(3)7(5)2/h5H,4H2,1-3H3. The van der Waals surface area contributed by atoms with Gasteiger partial charge in [-0.1, -0.05) is 0 Å². The highest BCUT2D eigenvalue weighted by Crippen LogP contribution is 2.13. The van der Waals surface area contributed by atoms with E-state index in [1.807, 2.05) is 19.0 Å². The van der Waals surface area contributed by atoms with E-state index in [4.69, 9.17) is 0 Å². The van der Waals surface area contributed by atoms with Crippen LogP contribution in [0.25, 0.3) is 0 Å². The normalized spacial score (nSPS) is 29.9. The Bertz CT molecular complexity index is 135. The van der Waals surface area contributed by atoms with E-state index >= 15 is 0 Å². The SMILES string of the molecule is CC1CC(=O)N(C)N1C. The summed E-state index contributed by atoms with van der Waals surface area (Å²) >= 11 is 0. The number of hydrazine groups is 1. The van der Waals surface area contributed by atoms with Gasteiger partial charge in [-0.3, -0.25) is 9.80 Å². The maximum Gasteiger partial charge on any atom is 0.238 e. The zero-order chi connectivity index (χ0) is 7.02. The van der Waals surface area contributed by atoms with Crippen molar-refractivity contribution in [2.45, 2.75) is 19.4 Å². The van der Waals surface area contributed by atoms with Crippen molar-refractivity contribution in [3.8, 4) is 0 Å². The number of hydrogen-bond acceptors (Lipinski definition) is 2. The molecule has 0 aromatic rings. The number of carbonyl (C=O) groups excluding carboxylic acids is 1. The quantitative estimate of drug-likeness (QED) is 0.461. The van der Waals surface area contributed by atoms with E-state index in [0.717, 1.165) is 0 Å². The lowest BCUT2D eigenvalue weighted by molar-refractivity contribution is -0.134. The Morgan fingerprint density at radius 3 is 2.22 bits per heavy atom. The fraction of sp³-hybridized carbons (Fsp3) is 0.833. The molecule has 1 amide bonds. The van der Waals surface area contributed by atoms with E-state index in [9.17, 15) is 4.79 Å². The predicted molar refractivity (Wildman–Crippen MR) is 34.6 cm³/mol. The van der Waals surface area contributed by atoms with Crippen LogP contribution >= 0.6 is 0 Å². The average molecular weight is 128 g/mol. The van der Waals surface area contributed by atoms with Crippen LogP contribution in [0.15, 0.2) is 0 Å². The first-order valence-electron chi connectivity index (χ1n) is 3.12. The Balaban J connectivity index is 2.65. The van der Waals surface area contributed by atoms with E-state index < -0.39 is 0 Å². The molecule has 9 heavy (non-hydrogen) atoms. The highest BCUT2D eigenvalue weighted by molar-refractivity contribution is 5.77. The summed E-state index contributed by atoms with van der Waals surface area (Å²) in [6.07, 6.45) is 0.660. The van der Waals surface area contributed by atoms with Crippen molar-refractivity contribution in [2.75, 3.05) is 14.1 Å². The van der Waals surface area contributed by atoms with Gasteiger partial charge in [0.15, 0.2) is 0 Å². The average Bonchev–Trinajstić information content (AvgIpc) is 1.98. The van der Waals surface area contributed by atoms with Crippen molar-refractivity contribution in [1.82, 2.24) is 10.0 Å². The van der Waals surface area contributed by atoms with E-state index in [1.54, 1.807) is 12.1 Å². The second kappa shape index (κ2) is 1.99. The van der Waals surface area contributed by atoms with E-state index in [-0.39, 0.29) is 5.91 Å². The minimum Gasteiger partial charge on any atom is -0.278 e. The van der Waals surface area contributed by atoms with Crippen LogP contribution < -0.4 is 0 Å². The molecule has 0 aromatic heterocycles. The molecule has 0 aliphatic carbocycles. The van der Waals surface area contributed by atoms with Crippen molar-refractivity contribution in [3.63, 3.8) is 0 Å². The second-order valence-electron chi connectivity index (χ2n) is 2.54. The zero-order valence-corrected chi connectivity index (χ0v) is 6.09. The molecule has 3 heteroatoms. The van der Waals surface area contributed by atoms with Gasteiger partial charge >= 0.3 is 0 Å². The van der Waals surface area contributed by atoms with Gasteiger partial charge in [0.1, 0.15) is 0 Å². The van der Waals surface area contributed by atoms with Gasteiger partial charge in [-0.15, -0.1) is 0 Å². The lowest BCUT2D eigenvalue weighted by Crippen LogP contribution is -2.34. The Kier molecular flexibility index (Phi) is 1.45. The highest BCUT2D eigenvalue weighted by Gasteiger charge is 2.28. The first-order chi connectivity index (χ1) is 4.13. The van der Waals surface area contributed by atoms with Crippen LogP contribution in [0.5, 0.6) is 0 Å². The van der Waals surface area contributed by atoms with E-state index in [0.29, 0.717) is 12.5 Å². The Morgan fingerprint density at radius 2 is 2.11 bits per heavy atom. The Morgan fingerprint density at radius 1 is 1.56 bits per heavy atom. The van der Waals surface area contributed by atoms with Gasteiger partial charge in [-0.2, -0.15) is 0 Å².